The summed E-state index contributed by atoms with van der Waals surface area (Å²) < 4.78 is 2.16. The number of allylic oxidation sites excluding steroid dienone is 2. The standard InChI is InChI=1S/C12H10I2S2/c13-7-9(11-3-1-5-15-11)10(8-14)12-4-2-6-16-12/h1-6H,7-8H2. The van der Waals surface area contributed by atoms with E-state index in [1.807, 2.05) is 22.7 Å². The van der Waals surface area contributed by atoms with Gasteiger partial charge in [-0.1, -0.05) is 57.3 Å². The molecular formula is C12H10I2S2. The second-order valence-corrected chi connectivity index (χ2v) is 6.60. The van der Waals surface area contributed by atoms with Crippen molar-refractivity contribution in [3.8, 4) is 0 Å². The molecule has 0 aliphatic heterocycles. The first-order valence-corrected chi connectivity index (χ1v) is 9.59. The molecule has 0 spiro atoms. The van der Waals surface area contributed by atoms with E-state index in [4.69, 9.17) is 0 Å². The Morgan fingerprint density at radius 2 is 1.31 bits per heavy atom. The predicted octanol–water partition coefficient (Wildman–Crippen LogP) is 5.59. The number of hydrogen-bond donors (Lipinski definition) is 0. The molecule has 0 aromatic carbocycles. The van der Waals surface area contributed by atoms with Crippen LogP contribution in [-0.2, 0) is 0 Å². The Bertz CT molecular complexity index is 411. The SMILES string of the molecule is ICC(=C(CI)c1cccs1)c1cccs1. The van der Waals surface area contributed by atoms with Crippen molar-refractivity contribution in [2.75, 3.05) is 8.86 Å². The molecule has 0 nitrogen and oxygen atoms in total. The lowest BCUT2D eigenvalue weighted by atomic mass is 10.1. The van der Waals surface area contributed by atoms with E-state index >= 15 is 0 Å². The number of halogens is 2. The molecule has 0 N–H and O–H groups in total. The van der Waals surface area contributed by atoms with Crippen molar-refractivity contribution in [1.82, 2.24) is 0 Å². The first kappa shape index (κ1) is 13.0. The minimum absolute atomic E-state index is 1.08. The third-order valence-corrected chi connectivity index (χ3v) is 5.65. The van der Waals surface area contributed by atoms with Crippen LogP contribution in [0.5, 0.6) is 0 Å². The Morgan fingerprint density at radius 1 is 0.875 bits per heavy atom. The summed E-state index contributed by atoms with van der Waals surface area (Å²) in [5, 5.41) is 4.31. The highest BCUT2D eigenvalue weighted by Gasteiger charge is 2.11. The van der Waals surface area contributed by atoms with E-state index in [0.717, 1.165) is 8.86 Å². The molecule has 0 radical (unpaired) electrons. The molecule has 0 aliphatic carbocycles. The highest BCUT2D eigenvalue weighted by molar-refractivity contribution is 14.1. The van der Waals surface area contributed by atoms with E-state index in [2.05, 4.69) is 80.2 Å². The van der Waals surface area contributed by atoms with Crippen LogP contribution in [0.25, 0.3) is 11.1 Å². The van der Waals surface area contributed by atoms with Gasteiger partial charge in [-0.05, 0) is 34.0 Å². The summed E-state index contributed by atoms with van der Waals surface area (Å²) in [6, 6.07) is 8.70. The number of hydrogen-bond acceptors (Lipinski definition) is 2. The zero-order chi connectivity index (χ0) is 11.4. The molecule has 0 saturated heterocycles. The van der Waals surface area contributed by atoms with Gasteiger partial charge in [0, 0.05) is 18.6 Å². The van der Waals surface area contributed by atoms with E-state index in [1.54, 1.807) is 0 Å². The van der Waals surface area contributed by atoms with Gasteiger partial charge in [-0.2, -0.15) is 0 Å². The third-order valence-electron chi connectivity index (χ3n) is 2.27. The summed E-state index contributed by atoms with van der Waals surface area (Å²) in [5.74, 6) is 0. The Balaban J connectivity index is 2.50. The van der Waals surface area contributed by atoms with Gasteiger partial charge in [0.1, 0.15) is 0 Å². The van der Waals surface area contributed by atoms with Crippen molar-refractivity contribution in [3.63, 3.8) is 0 Å². The molecule has 0 saturated carbocycles. The summed E-state index contributed by atoms with van der Waals surface area (Å²) in [4.78, 5) is 2.82. The number of rotatable bonds is 4. The van der Waals surface area contributed by atoms with Gasteiger partial charge >= 0.3 is 0 Å². The lowest BCUT2D eigenvalue weighted by Gasteiger charge is -2.08. The van der Waals surface area contributed by atoms with E-state index in [9.17, 15) is 0 Å². The molecule has 84 valence electrons. The first-order chi connectivity index (χ1) is 7.86. The Labute approximate surface area is 131 Å². The highest BCUT2D eigenvalue weighted by Crippen LogP contribution is 2.33. The van der Waals surface area contributed by atoms with Gasteiger partial charge in [-0.3, -0.25) is 0 Å². The average molecular weight is 472 g/mol. The summed E-state index contributed by atoms with van der Waals surface area (Å²) >= 11 is 8.60. The summed E-state index contributed by atoms with van der Waals surface area (Å²) in [6.45, 7) is 0. The van der Waals surface area contributed by atoms with Gasteiger partial charge < -0.3 is 0 Å². The van der Waals surface area contributed by atoms with Gasteiger partial charge in [0.15, 0.2) is 0 Å². The molecular weight excluding hydrogens is 462 g/mol. The molecule has 16 heavy (non-hydrogen) atoms. The minimum atomic E-state index is 1.08. The van der Waals surface area contributed by atoms with E-state index < -0.39 is 0 Å². The number of alkyl halides is 2. The van der Waals surface area contributed by atoms with Crippen molar-refractivity contribution in [2.45, 2.75) is 0 Å². The smallest absolute Gasteiger partial charge is 0.0313 e. The highest BCUT2D eigenvalue weighted by atomic mass is 127. The molecule has 0 unspecified atom stereocenters. The fourth-order valence-corrected chi connectivity index (χ4v) is 5.35. The molecule has 0 bridgehead atoms. The van der Waals surface area contributed by atoms with Crippen LogP contribution in [0, 0.1) is 0 Å². The van der Waals surface area contributed by atoms with E-state index in [0.29, 0.717) is 0 Å². The van der Waals surface area contributed by atoms with Gasteiger partial charge in [0.05, 0.1) is 0 Å². The fraction of sp³-hybridized carbons (Fsp3) is 0.167. The lowest BCUT2D eigenvalue weighted by molar-refractivity contribution is 1.69. The monoisotopic (exact) mass is 472 g/mol. The molecule has 2 heterocycles. The molecule has 0 aliphatic rings. The van der Waals surface area contributed by atoms with Crippen LogP contribution in [0.4, 0.5) is 0 Å². The molecule has 0 amide bonds. The summed E-state index contributed by atoms with van der Waals surface area (Å²) in [5.41, 5.74) is 2.99. The number of thiophene rings is 2. The lowest BCUT2D eigenvalue weighted by Crippen LogP contribution is -1.91. The minimum Gasteiger partial charge on any atom is -0.144 e. The third kappa shape index (κ3) is 2.88. The first-order valence-electron chi connectivity index (χ1n) is 4.78. The zero-order valence-corrected chi connectivity index (χ0v) is 14.4. The molecule has 0 fully saturated rings. The van der Waals surface area contributed by atoms with Gasteiger partial charge in [0.25, 0.3) is 0 Å². The normalized spacial score (nSPS) is 12.6. The Kier molecular flexibility index (Phi) is 5.31. The van der Waals surface area contributed by atoms with Crippen molar-refractivity contribution in [1.29, 1.82) is 0 Å². The van der Waals surface area contributed by atoms with Crippen LogP contribution in [0.1, 0.15) is 9.75 Å². The predicted molar refractivity (Wildman–Crippen MR) is 93.2 cm³/mol. The second-order valence-electron chi connectivity index (χ2n) is 3.18. The van der Waals surface area contributed by atoms with Crippen molar-refractivity contribution >= 4 is 79.0 Å². The maximum atomic E-state index is 2.46. The van der Waals surface area contributed by atoms with Crippen LogP contribution in [-0.4, -0.2) is 8.86 Å². The van der Waals surface area contributed by atoms with Gasteiger partial charge in [-0.15, -0.1) is 22.7 Å². The van der Waals surface area contributed by atoms with Crippen LogP contribution >= 0.6 is 67.9 Å². The molecule has 0 atom stereocenters. The largest absolute Gasteiger partial charge is 0.144 e. The van der Waals surface area contributed by atoms with E-state index in [1.165, 1.54) is 20.9 Å². The quantitative estimate of drug-likeness (QED) is 0.402. The summed E-state index contributed by atoms with van der Waals surface area (Å²) in [6.07, 6.45) is 0. The maximum Gasteiger partial charge on any atom is 0.0313 e. The van der Waals surface area contributed by atoms with Crippen LogP contribution in [0.15, 0.2) is 35.0 Å². The fourth-order valence-electron chi connectivity index (χ4n) is 1.49. The van der Waals surface area contributed by atoms with Crippen molar-refractivity contribution < 1.29 is 0 Å². The zero-order valence-electron chi connectivity index (χ0n) is 8.45. The Morgan fingerprint density at radius 3 is 1.56 bits per heavy atom. The van der Waals surface area contributed by atoms with Crippen LogP contribution in [0.2, 0.25) is 0 Å². The molecule has 2 aromatic rings. The van der Waals surface area contributed by atoms with E-state index in [-0.39, 0.29) is 0 Å². The average Bonchev–Trinajstić information content (AvgIpc) is 2.97. The van der Waals surface area contributed by atoms with Crippen molar-refractivity contribution in [2.24, 2.45) is 0 Å². The van der Waals surface area contributed by atoms with Crippen LogP contribution in [0.3, 0.4) is 0 Å². The maximum absolute atomic E-state index is 2.46. The van der Waals surface area contributed by atoms with Gasteiger partial charge in [-0.25, -0.2) is 0 Å². The molecule has 4 heteroatoms. The summed E-state index contributed by atoms with van der Waals surface area (Å²) in [7, 11) is 0. The topological polar surface area (TPSA) is 0 Å². The Hall–Kier alpha value is 0.600. The van der Waals surface area contributed by atoms with Crippen LogP contribution < -0.4 is 0 Å². The van der Waals surface area contributed by atoms with Crippen molar-refractivity contribution in [3.05, 3.63) is 44.8 Å². The molecule has 2 aromatic heterocycles. The second kappa shape index (κ2) is 6.51. The van der Waals surface area contributed by atoms with Gasteiger partial charge in [0.2, 0.25) is 0 Å². The molecule has 2 rings (SSSR count).